The van der Waals surface area contributed by atoms with Crippen LogP contribution in [0.1, 0.15) is 16.8 Å². The second-order valence-electron chi connectivity index (χ2n) is 4.89. The molecule has 3 heteroatoms. The van der Waals surface area contributed by atoms with Crippen molar-refractivity contribution >= 4 is 34.2 Å². The fraction of sp³-hybridized carbons (Fsp3) is 0.0556. The molecule has 1 aromatic heterocycles. The Hall–Kier alpha value is -2.50. The number of hydrogen-bond acceptors (Lipinski definition) is 1. The van der Waals surface area contributed by atoms with Crippen LogP contribution in [-0.4, -0.2) is 4.98 Å². The minimum atomic E-state index is 0.625. The smallest absolute Gasteiger partial charge is 0.0998 e. The zero-order valence-corrected chi connectivity index (χ0v) is 12.3. The number of hydrogen-bond donors (Lipinski definition) is 1. The molecule has 0 bridgehead atoms. The van der Waals surface area contributed by atoms with E-state index in [1.165, 1.54) is 0 Å². The van der Waals surface area contributed by atoms with Crippen molar-refractivity contribution in [2.24, 2.45) is 0 Å². The highest BCUT2D eigenvalue weighted by atomic mass is 35.5. The Morgan fingerprint density at radius 3 is 2.57 bits per heavy atom. The molecule has 2 aromatic carbocycles. The molecule has 0 spiro atoms. The van der Waals surface area contributed by atoms with E-state index in [1.54, 1.807) is 12.1 Å². The van der Waals surface area contributed by atoms with Crippen LogP contribution in [-0.2, 0) is 0 Å². The first-order valence-electron chi connectivity index (χ1n) is 6.64. The van der Waals surface area contributed by atoms with Gasteiger partial charge in [0.25, 0.3) is 0 Å². The fourth-order valence-corrected chi connectivity index (χ4v) is 2.56. The number of rotatable bonds is 2. The summed E-state index contributed by atoms with van der Waals surface area (Å²) >= 11 is 5.90. The van der Waals surface area contributed by atoms with Crippen molar-refractivity contribution in [3.63, 3.8) is 0 Å². The van der Waals surface area contributed by atoms with Crippen LogP contribution >= 0.6 is 11.6 Å². The Bertz CT molecular complexity index is 864. The minimum Gasteiger partial charge on any atom is -0.358 e. The molecule has 0 aliphatic heterocycles. The van der Waals surface area contributed by atoms with E-state index in [2.05, 4.69) is 17.1 Å². The van der Waals surface area contributed by atoms with Crippen molar-refractivity contribution in [1.29, 1.82) is 5.26 Å². The number of nitrogens with one attached hydrogen (secondary N) is 1. The molecular weight excluding hydrogens is 280 g/mol. The third kappa shape index (κ3) is 2.56. The highest BCUT2D eigenvalue weighted by Crippen LogP contribution is 2.27. The van der Waals surface area contributed by atoms with E-state index in [0.717, 1.165) is 27.7 Å². The van der Waals surface area contributed by atoms with Crippen LogP contribution < -0.4 is 0 Å². The third-order valence-electron chi connectivity index (χ3n) is 3.51. The lowest BCUT2D eigenvalue weighted by Crippen LogP contribution is -1.83. The standard InChI is InChI=1S/C18H13ClN2/c1-12-17(16-4-2-3-5-18(16)21-12)10-14(11-20)13-6-8-15(19)9-7-13/h2-10,21H,1H3/b14-10-. The topological polar surface area (TPSA) is 39.6 Å². The van der Waals surface area contributed by atoms with Gasteiger partial charge in [0.05, 0.1) is 11.6 Å². The molecule has 0 unspecified atom stereocenters. The lowest BCUT2D eigenvalue weighted by molar-refractivity contribution is 1.29. The SMILES string of the molecule is Cc1[nH]c2ccccc2c1/C=C(/C#N)c1ccc(Cl)cc1. The predicted octanol–water partition coefficient (Wildman–Crippen LogP) is 5.19. The number of benzene rings is 2. The molecule has 0 aliphatic carbocycles. The molecule has 0 saturated heterocycles. The quantitative estimate of drug-likeness (QED) is 0.648. The summed E-state index contributed by atoms with van der Waals surface area (Å²) in [5.41, 5.74) is 4.68. The third-order valence-corrected chi connectivity index (χ3v) is 3.76. The summed E-state index contributed by atoms with van der Waals surface area (Å²) in [7, 11) is 0. The van der Waals surface area contributed by atoms with Gasteiger partial charge in [-0.1, -0.05) is 41.9 Å². The maximum atomic E-state index is 9.45. The largest absolute Gasteiger partial charge is 0.358 e. The van der Waals surface area contributed by atoms with Crippen LogP contribution in [0.25, 0.3) is 22.6 Å². The summed E-state index contributed by atoms with van der Waals surface area (Å²) in [6, 6.07) is 17.7. The van der Waals surface area contributed by atoms with Crippen LogP contribution in [0, 0.1) is 18.3 Å². The number of fused-ring (bicyclic) bond motifs is 1. The van der Waals surface area contributed by atoms with Crippen molar-refractivity contribution in [3.8, 4) is 6.07 Å². The van der Waals surface area contributed by atoms with Gasteiger partial charge in [0.1, 0.15) is 0 Å². The zero-order chi connectivity index (χ0) is 14.8. The molecular formula is C18H13ClN2. The minimum absolute atomic E-state index is 0.625. The molecule has 3 rings (SSSR count). The molecule has 0 saturated carbocycles. The molecule has 1 heterocycles. The highest BCUT2D eigenvalue weighted by Gasteiger charge is 2.08. The van der Waals surface area contributed by atoms with Crippen molar-refractivity contribution < 1.29 is 0 Å². The van der Waals surface area contributed by atoms with Gasteiger partial charge in [-0.25, -0.2) is 0 Å². The summed E-state index contributed by atoms with van der Waals surface area (Å²) in [4.78, 5) is 3.34. The number of allylic oxidation sites excluding steroid dienone is 1. The monoisotopic (exact) mass is 292 g/mol. The second kappa shape index (κ2) is 5.47. The molecule has 0 amide bonds. The van der Waals surface area contributed by atoms with Crippen molar-refractivity contribution in [3.05, 3.63) is 70.4 Å². The number of halogens is 1. The first-order chi connectivity index (χ1) is 10.2. The van der Waals surface area contributed by atoms with Crippen LogP contribution in [0.15, 0.2) is 48.5 Å². The number of nitriles is 1. The number of H-pyrrole nitrogens is 1. The Morgan fingerprint density at radius 1 is 1.14 bits per heavy atom. The fourth-order valence-electron chi connectivity index (χ4n) is 2.44. The number of nitrogens with zero attached hydrogens (tertiary/aromatic N) is 1. The average Bonchev–Trinajstić information content (AvgIpc) is 2.81. The summed E-state index contributed by atoms with van der Waals surface area (Å²) in [5.74, 6) is 0. The summed E-state index contributed by atoms with van der Waals surface area (Å²) < 4.78 is 0. The summed E-state index contributed by atoms with van der Waals surface area (Å²) in [6.45, 7) is 2.02. The van der Waals surface area contributed by atoms with Gasteiger partial charge in [-0.2, -0.15) is 5.26 Å². The molecule has 0 atom stereocenters. The molecule has 0 aliphatic rings. The van der Waals surface area contributed by atoms with E-state index in [-0.39, 0.29) is 0 Å². The second-order valence-corrected chi connectivity index (χ2v) is 5.32. The first kappa shape index (κ1) is 13.5. The van der Waals surface area contributed by atoms with E-state index in [4.69, 9.17) is 11.6 Å². The number of para-hydroxylation sites is 1. The van der Waals surface area contributed by atoms with Crippen molar-refractivity contribution in [1.82, 2.24) is 4.98 Å². The van der Waals surface area contributed by atoms with E-state index in [9.17, 15) is 5.26 Å². The normalized spacial score (nSPS) is 11.6. The molecule has 102 valence electrons. The number of aromatic amines is 1. The van der Waals surface area contributed by atoms with E-state index < -0.39 is 0 Å². The first-order valence-corrected chi connectivity index (χ1v) is 7.02. The van der Waals surface area contributed by atoms with Crippen molar-refractivity contribution in [2.45, 2.75) is 6.92 Å². The Kier molecular flexibility index (Phi) is 3.51. The van der Waals surface area contributed by atoms with Crippen molar-refractivity contribution in [2.75, 3.05) is 0 Å². The average molecular weight is 293 g/mol. The lowest BCUT2D eigenvalue weighted by Gasteiger charge is -2.00. The Morgan fingerprint density at radius 2 is 1.86 bits per heavy atom. The van der Waals surface area contributed by atoms with Gasteiger partial charge in [-0.15, -0.1) is 0 Å². The summed E-state index contributed by atoms with van der Waals surface area (Å²) in [5, 5.41) is 11.2. The van der Waals surface area contributed by atoms with Gasteiger partial charge in [-0.05, 0) is 36.8 Å². The van der Waals surface area contributed by atoms with Gasteiger partial charge >= 0.3 is 0 Å². The van der Waals surface area contributed by atoms with Gasteiger partial charge in [0, 0.05) is 27.2 Å². The molecule has 21 heavy (non-hydrogen) atoms. The lowest BCUT2D eigenvalue weighted by atomic mass is 10.0. The van der Waals surface area contributed by atoms with Crippen LogP contribution in [0.2, 0.25) is 5.02 Å². The Balaban J connectivity index is 2.15. The van der Waals surface area contributed by atoms with E-state index in [0.29, 0.717) is 10.6 Å². The summed E-state index contributed by atoms with van der Waals surface area (Å²) in [6.07, 6.45) is 1.93. The molecule has 0 radical (unpaired) electrons. The maximum absolute atomic E-state index is 9.45. The van der Waals surface area contributed by atoms with Gasteiger partial charge in [0.15, 0.2) is 0 Å². The molecule has 1 N–H and O–H groups in total. The zero-order valence-electron chi connectivity index (χ0n) is 11.5. The van der Waals surface area contributed by atoms with Crippen LogP contribution in [0.3, 0.4) is 0 Å². The predicted molar refractivity (Wildman–Crippen MR) is 88.0 cm³/mol. The number of aromatic nitrogens is 1. The molecule has 3 aromatic rings. The molecule has 0 fully saturated rings. The van der Waals surface area contributed by atoms with Crippen LogP contribution in [0.4, 0.5) is 0 Å². The highest BCUT2D eigenvalue weighted by molar-refractivity contribution is 6.30. The molecule has 2 nitrogen and oxygen atoms in total. The van der Waals surface area contributed by atoms with Gasteiger partial charge in [-0.3, -0.25) is 0 Å². The maximum Gasteiger partial charge on any atom is 0.0998 e. The van der Waals surface area contributed by atoms with E-state index >= 15 is 0 Å². The Labute approximate surface area is 128 Å². The van der Waals surface area contributed by atoms with E-state index in [1.807, 2.05) is 43.3 Å². The van der Waals surface area contributed by atoms with Crippen LogP contribution in [0.5, 0.6) is 0 Å². The van der Waals surface area contributed by atoms with Gasteiger partial charge in [0.2, 0.25) is 0 Å². The van der Waals surface area contributed by atoms with Gasteiger partial charge < -0.3 is 4.98 Å². The number of aryl methyl sites for hydroxylation is 1.